The van der Waals surface area contributed by atoms with Crippen molar-refractivity contribution in [3.63, 3.8) is 0 Å². The molecule has 0 aliphatic carbocycles. The number of sulfonamides is 1. The highest BCUT2D eigenvalue weighted by Crippen LogP contribution is 2.28. The lowest BCUT2D eigenvalue weighted by Gasteiger charge is -2.14. The van der Waals surface area contributed by atoms with Crippen molar-refractivity contribution in [1.29, 1.82) is 0 Å². The van der Waals surface area contributed by atoms with Crippen molar-refractivity contribution in [3.05, 3.63) is 77.8 Å². The zero-order valence-electron chi connectivity index (χ0n) is 16.5. The van der Waals surface area contributed by atoms with Gasteiger partial charge in [0.25, 0.3) is 10.0 Å². The van der Waals surface area contributed by atoms with Gasteiger partial charge in [-0.05, 0) is 67.6 Å². The molecule has 0 aliphatic heterocycles. The average molecular weight is 455 g/mol. The fraction of sp³-hybridized carbons (Fsp3) is 0.0909. The summed E-state index contributed by atoms with van der Waals surface area (Å²) in [5, 5.41) is 3.59. The molecule has 0 aliphatic rings. The molecule has 9 heteroatoms. The minimum Gasteiger partial charge on any atom is -0.494 e. The van der Waals surface area contributed by atoms with Gasteiger partial charge in [-0.2, -0.15) is 0 Å². The fourth-order valence-electron chi connectivity index (χ4n) is 2.90. The second kappa shape index (κ2) is 8.79. The molecule has 0 atom stereocenters. The summed E-state index contributed by atoms with van der Waals surface area (Å²) in [7, 11) is -3.90. The van der Waals surface area contributed by atoms with Crippen LogP contribution in [0.3, 0.4) is 0 Å². The molecule has 0 fully saturated rings. The lowest BCUT2D eigenvalue weighted by molar-refractivity contribution is 0.340. The van der Waals surface area contributed by atoms with Gasteiger partial charge in [-0.15, -0.1) is 0 Å². The number of fused-ring (bicyclic) bond motifs is 1. The molecule has 2 N–H and O–H groups in total. The third-order valence-electron chi connectivity index (χ3n) is 4.35. The molecule has 3 aromatic carbocycles. The van der Waals surface area contributed by atoms with Crippen molar-refractivity contribution in [3.8, 4) is 5.75 Å². The largest absolute Gasteiger partial charge is 0.494 e. The second-order valence-corrected chi connectivity index (χ2v) is 8.67. The predicted octanol–water partition coefficient (Wildman–Crippen LogP) is 5.23. The molecule has 0 unspecified atom stereocenters. The SMILES string of the molecule is CCOc1ccc(Nc2nc3ccccc3nc2NS(=O)(=O)c2ccc(Cl)cc2)cc1. The monoisotopic (exact) mass is 454 g/mol. The van der Waals surface area contributed by atoms with Gasteiger partial charge in [0.2, 0.25) is 0 Å². The highest BCUT2D eigenvalue weighted by Gasteiger charge is 2.19. The van der Waals surface area contributed by atoms with E-state index in [4.69, 9.17) is 16.3 Å². The molecule has 1 aromatic heterocycles. The molecule has 0 saturated heterocycles. The van der Waals surface area contributed by atoms with E-state index >= 15 is 0 Å². The molecule has 0 bridgehead atoms. The second-order valence-electron chi connectivity index (χ2n) is 6.55. The van der Waals surface area contributed by atoms with E-state index in [-0.39, 0.29) is 16.5 Å². The summed E-state index contributed by atoms with van der Waals surface area (Å²) in [6.45, 7) is 2.48. The number of aromatic nitrogens is 2. The van der Waals surface area contributed by atoms with Crippen molar-refractivity contribution in [2.24, 2.45) is 0 Å². The first-order chi connectivity index (χ1) is 14.9. The molecule has 4 rings (SSSR count). The van der Waals surface area contributed by atoms with Gasteiger partial charge in [0.1, 0.15) is 5.75 Å². The highest BCUT2D eigenvalue weighted by molar-refractivity contribution is 7.92. The normalized spacial score (nSPS) is 11.3. The fourth-order valence-corrected chi connectivity index (χ4v) is 4.03. The van der Waals surface area contributed by atoms with Gasteiger partial charge < -0.3 is 10.1 Å². The number of nitrogens with one attached hydrogen (secondary N) is 2. The van der Waals surface area contributed by atoms with Crippen molar-refractivity contribution in [2.45, 2.75) is 11.8 Å². The van der Waals surface area contributed by atoms with Crippen LogP contribution in [-0.4, -0.2) is 25.0 Å². The smallest absolute Gasteiger partial charge is 0.263 e. The van der Waals surface area contributed by atoms with Crippen molar-refractivity contribution in [2.75, 3.05) is 16.6 Å². The van der Waals surface area contributed by atoms with E-state index in [1.165, 1.54) is 24.3 Å². The van der Waals surface area contributed by atoms with E-state index in [1.54, 1.807) is 6.07 Å². The van der Waals surface area contributed by atoms with Crippen LogP contribution in [0, 0.1) is 0 Å². The first-order valence-corrected chi connectivity index (χ1v) is 11.4. The van der Waals surface area contributed by atoms with Crippen LogP contribution in [0.4, 0.5) is 17.3 Å². The lowest BCUT2D eigenvalue weighted by Crippen LogP contribution is -2.16. The third kappa shape index (κ3) is 4.87. The van der Waals surface area contributed by atoms with E-state index in [2.05, 4.69) is 20.0 Å². The van der Waals surface area contributed by atoms with Crippen LogP contribution in [0.5, 0.6) is 5.75 Å². The standard InChI is InChI=1S/C22H19ClN4O3S/c1-2-30-17-11-9-16(10-12-17)24-21-22(26-20-6-4-3-5-19(20)25-21)27-31(28,29)18-13-7-15(23)8-14-18/h3-14H,2H2,1H3,(H,24,25)(H,26,27). The summed E-state index contributed by atoms with van der Waals surface area (Å²) in [5.74, 6) is 1.10. The van der Waals surface area contributed by atoms with Gasteiger partial charge in [0.15, 0.2) is 11.6 Å². The third-order valence-corrected chi connectivity index (χ3v) is 5.96. The topological polar surface area (TPSA) is 93.2 Å². The number of hydrogen-bond donors (Lipinski definition) is 2. The summed E-state index contributed by atoms with van der Waals surface area (Å²) < 4.78 is 33.8. The van der Waals surface area contributed by atoms with Gasteiger partial charge >= 0.3 is 0 Å². The van der Waals surface area contributed by atoms with Crippen molar-refractivity contribution < 1.29 is 13.2 Å². The number of para-hydroxylation sites is 2. The van der Waals surface area contributed by atoms with Crippen LogP contribution in [0.2, 0.25) is 5.02 Å². The minimum atomic E-state index is -3.90. The molecule has 4 aromatic rings. The first-order valence-electron chi connectivity index (χ1n) is 9.49. The van der Waals surface area contributed by atoms with E-state index in [1.807, 2.05) is 49.4 Å². The van der Waals surface area contributed by atoms with Crippen LogP contribution >= 0.6 is 11.6 Å². The Bertz CT molecular complexity index is 1310. The summed E-state index contributed by atoms with van der Waals surface area (Å²) >= 11 is 5.88. The maximum absolute atomic E-state index is 12.9. The minimum absolute atomic E-state index is 0.0684. The number of benzene rings is 3. The molecular formula is C22H19ClN4O3S. The van der Waals surface area contributed by atoms with E-state index in [0.29, 0.717) is 28.4 Å². The van der Waals surface area contributed by atoms with E-state index < -0.39 is 10.0 Å². The van der Waals surface area contributed by atoms with Crippen LogP contribution in [0.1, 0.15) is 6.92 Å². The number of anilines is 3. The summed E-state index contributed by atoms with van der Waals surface area (Å²) in [5.41, 5.74) is 1.90. The maximum atomic E-state index is 12.9. The Morgan fingerprint density at radius 3 is 2.10 bits per heavy atom. The summed E-state index contributed by atoms with van der Waals surface area (Å²) in [4.78, 5) is 9.12. The van der Waals surface area contributed by atoms with Crippen molar-refractivity contribution >= 4 is 50.0 Å². The van der Waals surface area contributed by atoms with Crippen LogP contribution in [0.25, 0.3) is 11.0 Å². The maximum Gasteiger partial charge on any atom is 0.263 e. The summed E-state index contributed by atoms with van der Waals surface area (Å²) in [6, 6.07) is 20.4. The molecule has 158 valence electrons. The summed E-state index contributed by atoms with van der Waals surface area (Å²) in [6.07, 6.45) is 0. The molecule has 31 heavy (non-hydrogen) atoms. The van der Waals surface area contributed by atoms with Gasteiger partial charge in [0, 0.05) is 10.7 Å². The molecular weight excluding hydrogens is 436 g/mol. The molecule has 0 saturated carbocycles. The van der Waals surface area contributed by atoms with Gasteiger partial charge in [0.05, 0.1) is 22.5 Å². The molecule has 7 nitrogen and oxygen atoms in total. The van der Waals surface area contributed by atoms with Crippen LogP contribution < -0.4 is 14.8 Å². The average Bonchev–Trinajstić information content (AvgIpc) is 2.76. The van der Waals surface area contributed by atoms with E-state index in [9.17, 15) is 8.42 Å². The first kappa shape index (κ1) is 20.9. The number of rotatable bonds is 7. The lowest BCUT2D eigenvalue weighted by atomic mass is 10.3. The van der Waals surface area contributed by atoms with E-state index in [0.717, 1.165) is 5.75 Å². The Hall–Kier alpha value is -3.36. The Kier molecular flexibility index (Phi) is 5.92. The molecule has 0 amide bonds. The Labute approximate surface area is 185 Å². The molecule has 0 radical (unpaired) electrons. The number of nitrogens with zero attached hydrogens (tertiary/aromatic N) is 2. The number of halogens is 1. The Morgan fingerprint density at radius 1 is 0.871 bits per heavy atom. The van der Waals surface area contributed by atoms with Crippen molar-refractivity contribution in [1.82, 2.24) is 9.97 Å². The Morgan fingerprint density at radius 2 is 1.48 bits per heavy atom. The molecule has 1 heterocycles. The van der Waals surface area contributed by atoms with Crippen LogP contribution in [-0.2, 0) is 10.0 Å². The predicted molar refractivity (Wildman–Crippen MR) is 123 cm³/mol. The van der Waals surface area contributed by atoms with Gasteiger partial charge in [-0.3, -0.25) is 4.72 Å². The quantitative estimate of drug-likeness (QED) is 0.397. The van der Waals surface area contributed by atoms with Gasteiger partial charge in [-0.25, -0.2) is 18.4 Å². The highest BCUT2D eigenvalue weighted by atomic mass is 35.5. The number of hydrogen-bond acceptors (Lipinski definition) is 6. The zero-order chi connectivity index (χ0) is 21.8. The number of ether oxygens (including phenoxy) is 1. The van der Waals surface area contributed by atoms with Gasteiger partial charge in [-0.1, -0.05) is 23.7 Å². The Balaban J connectivity index is 1.71. The van der Waals surface area contributed by atoms with Crippen LogP contribution in [0.15, 0.2) is 77.7 Å². The zero-order valence-corrected chi connectivity index (χ0v) is 18.1. The molecule has 0 spiro atoms.